The first-order valence-corrected chi connectivity index (χ1v) is 11.8. The highest BCUT2D eigenvalue weighted by Gasteiger charge is 2.29. The van der Waals surface area contributed by atoms with Gasteiger partial charge in [-0.3, -0.25) is 4.79 Å². The van der Waals surface area contributed by atoms with Gasteiger partial charge in [0, 0.05) is 29.1 Å². The van der Waals surface area contributed by atoms with Crippen molar-refractivity contribution < 1.29 is 13.2 Å². The third-order valence-corrected chi connectivity index (χ3v) is 7.33. The molecule has 1 amide bonds. The molecule has 0 aromatic heterocycles. The third kappa shape index (κ3) is 5.35. The van der Waals surface area contributed by atoms with E-state index in [1.807, 2.05) is 24.3 Å². The Morgan fingerprint density at radius 1 is 1.00 bits per heavy atom. The molecule has 1 heterocycles. The molecule has 0 bridgehead atoms. The van der Waals surface area contributed by atoms with Gasteiger partial charge in [-0.25, -0.2) is 8.42 Å². The maximum Gasteiger partial charge on any atom is 0.243 e. The lowest BCUT2D eigenvalue weighted by molar-refractivity contribution is -0.132. The lowest BCUT2D eigenvalue weighted by atomic mass is 10.1. The summed E-state index contributed by atoms with van der Waals surface area (Å²) in [6.45, 7) is 1.32. The summed E-state index contributed by atoms with van der Waals surface area (Å²) in [6, 6.07) is 13.4. The van der Waals surface area contributed by atoms with E-state index in [1.165, 1.54) is 16.4 Å². The van der Waals surface area contributed by atoms with Crippen LogP contribution in [0, 0.1) is 0 Å². The number of rotatable bonds is 6. The molecule has 0 N–H and O–H groups in total. The van der Waals surface area contributed by atoms with Crippen molar-refractivity contribution in [2.75, 3.05) is 19.6 Å². The first-order valence-electron chi connectivity index (χ1n) is 9.14. The topological polar surface area (TPSA) is 57.7 Å². The monoisotopic (exact) mass is 484 g/mol. The molecule has 1 aliphatic rings. The molecule has 5 nitrogen and oxygen atoms in total. The Labute approximate surface area is 179 Å². The number of carbonyl (C=O) groups excluding carboxylic acids is 1. The number of benzene rings is 2. The summed E-state index contributed by atoms with van der Waals surface area (Å²) in [5.41, 5.74) is 0.812. The van der Waals surface area contributed by atoms with E-state index >= 15 is 0 Å². The molecule has 28 heavy (non-hydrogen) atoms. The number of likely N-dealkylation sites (tertiary alicyclic amines) is 1. The van der Waals surface area contributed by atoms with Crippen molar-refractivity contribution >= 4 is 43.5 Å². The molecule has 2 aromatic carbocycles. The van der Waals surface area contributed by atoms with Gasteiger partial charge in [0.25, 0.3) is 0 Å². The van der Waals surface area contributed by atoms with Gasteiger partial charge in [-0.05, 0) is 61.2 Å². The summed E-state index contributed by atoms with van der Waals surface area (Å²) in [5, 5.41) is 0.461. The number of amides is 1. The second-order valence-electron chi connectivity index (χ2n) is 6.79. The van der Waals surface area contributed by atoms with Gasteiger partial charge in [-0.2, -0.15) is 4.31 Å². The van der Waals surface area contributed by atoms with Crippen LogP contribution in [-0.2, 0) is 21.4 Å². The molecule has 0 saturated carbocycles. The van der Waals surface area contributed by atoms with Crippen molar-refractivity contribution in [2.45, 2.75) is 30.7 Å². The van der Waals surface area contributed by atoms with Crippen LogP contribution in [0.1, 0.15) is 24.8 Å². The van der Waals surface area contributed by atoms with E-state index in [4.69, 9.17) is 11.6 Å². The van der Waals surface area contributed by atoms with Crippen LogP contribution in [0.4, 0.5) is 0 Å². The number of carbonyl (C=O) groups is 1. The zero-order valence-corrected chi connectivity index (χ0v) is 18.5. The number of hydrogen-bond acceptors (Lipinski definition) is 3. The number of halogens is 2. The minimum Gasteiger partial charge on any atom is -0.342 e. The molecule has 1 saturated heterocycles. The summed E-state index contributed by atoms with van der Waals surface area (Å²) in [5.74, 6) is -0.158. The highest BCUT2D eigenvalue weighted by Crippen LogP contribution is 2.22. The first-order chi connectivity index (χ1) is 13.4. The number of nitrogens with zero attached hydrogens (tertiary/aromatic N) is 2. The molecule has 0 unspecified atom stereocenters. The van der Waals surface area contributed by atoms with Gasteiger partial charge in [0.05, 0.1) is 11.4 Å². The molecule has 1 aliphatic heterocycles. The molecule has 1 fully saturated rings. The molecular weight excluding hydrogens is 464 g/mol. The quantitative estimate of drug-likeness (QED) is 0.613. The highest BCUT2D eigenvalue weighted by atomic mass is 79.9. The van der Waals surface area contributed by atoms with Gasteiger partial charge in [0.1, 0.15) is 0 Å². The van der Waals surface area contributed by atoms with Crippen LogP contribution < -0.4 is 0 Å². The summed E-state index contributed by atoms with van der Waals surface area (Å²) < 4.78 is 28.6. The average Bonchev–Trinajstić information content (AvgIpc) is 2.70. The SMILES string of the molecule is O=C(CN(Cc1ccc(Br)cc1)S(=O)(=O)c1ccc(Cl)cc1)N1CCCCC1. The maximum atomic E-state index is 13.2. The lowest BCUT2D eigenvalue weighted by Crippen LogP contribution is -2.44. The summed E-state index contributed by atoms with van der Waals surface area (Å²) in [7, 11) is -3.84. The van der Waals surface area contributed by atoms with Crippen LogP contribution in [0.25, 0.3) is 0 Å². The molecule has 0 atom stereocenters. The van der Waals surface area contributed by atoms with Gasteiger partial charge >= 0.3 is 0 Å². The Bertz CT molecular complexity index is 911. The fourth-order valence-corrected chi connectivity index (χ4v) is 4.94. The maximum absolute atomic E-state index is 13.2. The van der Waals surface area contributed by atoms with Gasteiger partial charge < -0.3 is 4.90 Å². The Balaban J connectivity index is 1.87. The third-order valence-electron chi connectivity index (χ3n) is 4.74. The van der Waals surface area contributed by atoms with E-state index in [1.54, 1.807) is 17.0 Å². The van der Waals surface area contributed by atoms with E-state index in [-0.39, 0.29) is 23.9 Å². The molecule has 150 valence electrons. The van der Waals surface area contributed by atoms with E-state index in [9.17, 15) is 13.2 Å². The lowest BCUT2D eigenvalue weighted by Gasteiger charge is -2.29. The van der Waals surface area contributed by atoms with Crippen molar-refractivity contribution in [3.63, 3.8) is 0 Å². The standard InChI is InChI=1S/C20H22BrClN2O3S/c21-17-6-4-16(5-7-17)14-24(15-20(25)23-12-2-1-3-13-23)28(26,27)19-10-8-18(22)9-11-19/h4-11H,1-3,12-15H2. The van der Waals surface area contributed by atoms with E-state index in [0.29, 0.717) is 18.1 Å². The van der Waals surface area contributed by atoms with Crippen LogP contribution in [0.3, 0.4) is 0 Å². The van der Waals surface area contributed by atoms with Crippen molar-refractivity contribution in [1.29, 1.82) is 0 Å². The molecule has 0 spiro atoms. The van der Waals surface area contributed by atoms with E-state index < -0.39 is 10.0 Å². The van der Waals surface area contributed by atoms with Crippen molar-refractivity contribution in [3.8, 4) is 0 Å². The fourth-order valence-electron chi connectivity index (χ4n) is 3.17. The predicted octanol–water partition coefficient (Wildman–Crippen LogP) is 4.31. The van der Waals surface area contributed by atoms with Crippen molar-refractivity contribution in [2.24, 2.45) is 0 Å². The number of piperidine rings is 1. The predicted molar refractivity (Wildman–Crippen MR) is 114 cm³/mol. The Kier molecular flexibility index (Phi) is 7.15. The first kappa shape index (κ1) is 21.3. The van der Waals surface area contributed by atoms with E-state index in [2.05, 4.69) is 15.9 Å². The summed E-state index contributed by atoms with van der Waals surface area (Å²) in [6.07, 6.45) is 3.03. The van der Waals surface area contributed by atoms with Gasteiger partial charge in [-0.1, -0.05) is 39.7 Å². The summed E-state index contributed by atoms with van der Waals surface area (Å²) >= 11 is 9.28. The Hall–Kier alpha value is -1.41. The number of sulfonamides is 1. The van der Waals surface area contributed by atoms with Gasteiger partial charge in [0.15, 0.2) is 0 Å². The van der Waals surface area contributed by atoms with E-state index in [0.717, 1.165) is 29.3 Å². The smallest absolute Gasteiger partial charge is 0.243 e. The highest BCUT2D eigenvalue weighted by molar-refractivity contribution is 9.10. The molecule has 0 radical (unpaired) electrons. The normalized spacial score (nSPS) is 15.0. The van der Waals surface area contributed by atoms with Crippen molar-refractivity contribution in [1.82, 2.24) is 9.21 Å². The van der Waals surface area contributed by atoms with Crippen LogP contribution in [-0.4, -0.2) is 43.2 Å². The second kappa shape index (κ2) is 9.39. The molecule has 2 aromatic rings. The Morgan fingerprint density at radius 3 is 2.21 bits per heavy atom. The zero-order chi connectivity index (χ0) is 20.1. The Morgan fingerprint density at radius 2 is 1.61 bits per heavy atom. The minimum atomic E-state index is -3.84. The molecule has 3 rings (SSSR count). The summed E-state index contributed by atoms with van der Waals surface area (Å²) in [4.78, 5) is 14.7. The van der Waals surface area contributed by atoms with Crippen LogP contribution >= 0.6 is 27.5 Å². The second-order valence-corrected chi connectivity index (χ2v) is 10.1. The van der Waals surface area contributed by atoms with Crippen LogP contribution in [0.2, 0.25) is 5.02 Å². The van der Waals surface area contributed by atoms with Gasteiger partial charge in [0.2, 0.25) is 15.9 Å². The minimum absolute atomic E-state index is 0.123. The van der Waals surface area contributed by atoms with Crippen LogP contribution in [0.15, 0.2) is 57.9 Å². The molecule has 8 heteroatoms. The largest absolute Gasteiger partial charge is 0.342 e. The zero-order valence-electron chi connectivity index (χ0n) is 15.4. The number of hydrogen-bond donors (Lipinski definition) is 0. The van der Waals surface area contributed by atoms with Crippen molar-refractivity contribution in [3.05, 3.63) is 63.6 Å². The fraction of sp³-hybridized carbons (Fsp3) is 0.350. The average molecular weight is 486 g/mol. The van der Waals surface area contributed by atoms with Crippen LogP contribution in [0.5, 0.6) is 0 Å². The molecule has 0 aliphatic carbocycles. The molecular formula is C20H22BrClN2O3S. The van der Waals surface area contributed by atoms with Gasteiger partial charge in [-0.15, -0.1) is 0 Å².